The highest BCUT2D eigenvalue weighted by molar-refractivity contribution is 6.02. The second-order valence-corrected chi connectivity index (χ2v) is 6.61. The summed E-state index contributed by atoms with van der Waals surface area (Å²) >= 11 is 0. The van der Waals surface area contributed by atoms with Gasteiger partial charge in [0.25, 0.3) is 5.91 Å². The third-order valence-corrected chi connectivity index (χ3v) is 4.67. The smallest absolute Gasteiger partial charge is 0.274 e. The van der Waals surface area contributed by atoms with Crippen LogP contribution in [-0.4, -0.2) is 39.5 Å². The minimum Gasteiger partial charge on any atom is -0.497 e. The Balaban J connectivity index is 1.33. The SMILES string of the molecule is COc1cccc(C2CC2CNc2nccc(C(=O)Nc3cncnc3)n2)c1. The minimum absolute atomic E-state index is 0.279. The first-order valence-electron chi connectivity index (χ1n) is 9.00. The summed E-state index contributed by atoms with van der Waals surface area (Å²) in [6, 6.07) is 9.74. The van der Waals surface area contributed by atoms with Crippen molar-refractivity contribution in [3.05, 3.63) is 66.5 Å². The molecule has 1 fully saturated rings. The number of aromatic nitrogens is 4. The number of hydrogen-bond donors (Lipinski definition) is 2. The lowest BCUT2D eigenvalue weighted by Crippen LogP contribution is -2.16. The Kier molecular flexibility index (Phi) is 5.09. The number of rotatable bonds is 7. The second-order valence-electron chi connectivity index (χ2n) is 6.61. The highest BCUT2D eigenvalue weighted by Gasteiger charge is 2.38. The average Bonchev–Trinajstić information content (AvgIpc) is 3.53. The van der Waals surface area contributed by atoms with Gasteiger partial charge in [0.1, 0.15) is 17.8 Å². The van der Waals surface area contributed by atoms with Crippen LogP contribution in [0.1, 0.15) is 28.4 Å². The number of benzene rings is 1. The standard InChI is InChI=1S/C20H20N6O2/c1-28-16-4-2-3-13(7-16)17-8-14(17)9-24-20-23-6-5-18(26-20)19(27)25-15-10-21-12-22-11-15/h2-7,10-12,14,17H,8-9H2,1H3,(H,25,27)(H,23,24,26). The number of anilines is 2. The molecule has 8 heteroatoms. The largest absolute Gasteiger partial charge is 0.497 e. The zero-order valence-electron chi connectivity index (χ0n) is 15.4. The van der Waals surface area contributed by atoms with Gasteiger partial charge in [0.15, 0.2) is 0 Å². The predicted octanol–water partition coefficient (Wildman–Crippen LogP) is 2.74. The average molecular weight is 376 g/mol. The molecule has 1 aromatic carbocycles. The van der Waals surface area contributed by atoms with E-state index in [1.165, 1.54) is 24.3 Å². The molecule has 1 saturated carbocycles. The molecule has 2 aromatic heterocycles. The predicted molar refractivity (Wildman–Crippen MR) is 104 cm³/mol. The molecule has 8 nitrogen and oxygen atoms in total. The van der Waals surface area contributed by atoms with Crippen LogP contribution in [0.5, 0.6) is 5.75 Å². The lowest BCUT2D eigenvalue weighted by molar-refractivity contribution is 0.102. The van der Waals surface area contributed by atoms with Gasteiger partial charge in [-0.05, 0) is 42.0 Å². The van der Waals surface area contributed by atoms with Crippen molar-refractivity contribution in [3.63, 3.8) is 0 Å². The number of nitrogens with zero attached hydrogens (tertiary/aromatic N) is 4. The third-order valence-electron chi connectivity index (χ3n) is 4.67. The van der Waals surface area contributed by atoms with E-state index in [0.29, 0.717) is 23.5 Å². The van der Waals surface area contributed by atoms with Crippen LogP contribution < -0.4 is 15.4 Å². The van der Waals surface area contributed by atoms with Crippen molar-refractivity contribution in [2.75, 3.05) is 24.3 Å². The molecule has 2 atom stereocenters. The van der Waals surface area contributed by atoms with Crippen LogP contribution in [-0.2, 0) is 0 Å². The van der Waals surface area contributed by atoms with E-state index in [1.807, 2.05) is 12.1 Å². The van der Waals surface area contributed by atoms with Crippen LogP contribution in [0.3, 0.4) is 0 Å². The van der Waals surface area contributed by atoms with Gasteiger partial charge in [-0.3, -0.25) is 4.79 Å². The molecule has 1 aliphatic rings. The monoisotopic (exact) mass is 376 g/mol. The molecule has 0 radical (unpaired) electrons. The van der Waals surface area contributed by atoms with Crippen LogP contribution in [0.15, 0.2) is 55.2 Å². The highest BCUT2D eigenvalue weighted by Crippen LogP contribution is 2.47. The fraction of sp³-hybridized carbons (Fsp3) is 0.250. The van der Waals surface area contributed by atoms with Crippen molar-refractivity contribution in [1.82, 2.24) is 19.9 Å². The van der Waals surface area contributed by atoms with Gasteiger partial charge in [0.05, 0.1) is 25.2 Å². The normalized spacial score (nSPS) is 17.6. The molecular formula is C20H20N6O2. The fourth-order valence-electron chi connectivity index (χ4n) is 3.11. The molecule has 3 aromatic rings. The second kappa shape index (κ2) is 7.99. The van der Waals surface area contributed by atoms with Gasteiger partial charge in [-0.25, -0.2) is 19.9 Å². The Labute approximate surface area is 162 Å². The Bertz CT molecular complexity index is 966. The maximum atomic E-state index is 12.3. The molecule has 142 valence electrons. The van der Waals surface area contributed by atoms with E-state index in [9.17, 15) is 4.79 Å². The summed E-state index contributed by atoms with van der Waals surface area (Å²) in [7, 11) is 1.68. The van der Waals surface area contributed by atoms with Gasteiger partial charge in [-0.1, -0.05) is 12.1 Å². The molecule has 1 aliphatic carbocycles. The van der Waals surface area contributed by atoms with Gasteiger partial charge in [-0.15, -0.1) is 0 Å². The number of carbonyl (C=O) groups is 1. The maximum absolute atomic E-state index is 12.3. The quantitative estimate of drug-likeness (QED) is 0.654. The summed E-state index contributed by atoms with van der Waals surface area (Å²) in [6.45, 7) is 0.749. The van der Waals surface area contributed by atoms with E-state index in [1.54, 1.807) is 19.4 Å². The van der Waals surface area contributed by atoms with Crippen molar-refractivity contribution in [1.29, 1.82) is 0 Å². The number of ether oxygens (including phenoxy) is 1. The third kappa shape index (κ3) is 4.22. The Morgan fingerprint density at radius 3 is 2.93 bits per heavy atom. The van der Waals surface area contributed by atoms with E-state index in [-0.39, 0.29) is 11.6 Å². The molecule has 0 saturated heterocycles. The molecule has 0 bridgehead atoms. The summed E-state index contributed by atoms with van der Waals surface area (Å²) < 4.78 is 5.29. The van der Waals surface area contributed by atoms with Gasteiger partial charge in [0.2, 0.25) is 5.95 Å². The highest BCUT2D eigenvalue weighted by atomic mass is 16.5. The van der Waals surface area contributed by atoms with E-state index in [4.69, 9.17) is 4.74 Å². The van der Waals surface area contributed by atoms with E-state index in [0.717, 1.165) is 18.7 Å². The van der Waals surface area contributed by atoms with Gasteiger partial charge in [0, 0.05) is 12.7 Å². The first-order valence-corrected chi connectivity index (χ1v) is 9.00. The van der Waals surface area contributed by atoms with E-state index < -0.39 is 0 Å². The molecular weight excluding hydrogens is 356 g/mol. The lowest BCUT2D eigenvalue weighted by atomic mass is 10.1. The van der Waals surface area contributed by atoms with Crippen LogP contribution in [0.25, 0.3) is 0 Å². The molecule has 2 heterocycles. The topological polar surface area (TPSA) is 102 Å². The summed E-state index contributed by atoms with van der Waals surface area (Å²) in [6.07, 6.45) is 7.12. The van der Waals surface area contributed by atoms with Crippen LogP contribution in [0.2, 0.25) is 0 Å². The first-order chi connectivity index (χ1) is 13.7. The van der Waals surface area contributed by atoms with E-state index in [2.05, 4.69) is 42.7 Å². The van der Waals surface area contributed by atoms with Crippen molar-refractivity contribution in [2.24, 2.45) is 5.92 Å². The number of carbonyl (C=O) groups excluding carboxylic acids is 1. The molecule has 2 unspecified atom stereocenters. The van der Waals surface area contributed by atoms with Crippen LogP contribution in [0, 0.1) is 5.92 Å². The number of hydrogen-bond acceptors (Lipinski definition) is 7. The Hall–Kier alpha value is -3.55. The van der Waals surface area contributed by atoms with Crippen molar-refractivity contribution >= 4 is 17.5 Å². The van der Waals surface area contributed by atoms with Crippen molar-refractivity contribution in [3.8, 4) is 5.75 Å². The van der Waals surface area contributed by atoms with Crippen LogP contribution >= 0.6 is 0 Å². The minimum atomic E-state index is -0.332. The van der Waals surface area contributed by atoms with Crippen molar-refractivity contribution in [2.45, 2.75) is 12.3 Å². The molecule has 0 spiro atoms. The van der Waals surface area contributed by atoms with Gasteiger partial charge >= 0.3 is 0 Å². The molecule has 1 amide bonds. The summed E-state index contributed by atoms with van der Waals surface area (Å²) in [4.78, 5) is 28.6. The Morgan fingerprint density at radius 1 is 1.25 bits per heavy atom. The summed E-state index contributed by atoms with van der Waals surface area (Å²) in [5.41, 5.74) is 2.08. The fourth-order valence-corrected chi connectivity index (χ4v) is 3.11. The molecule has 0 aliphatic heterocycles. The lowest BCUT2D eigenvalue weighted by Gasteiger charge is -2.07. The number of methoxy groups -OCH3 is 1. The Morgan fingerprint density at radius 2 is 2.11 bits per heavy atom. The molecule has 28 heavy (non-hydrogen) atoms. The van der Waals surface area contributed by atoms with Crippen LogP contribution in [0.4, 0.5) is 11.6 Å². The molecule has 2 N–H and O–H groups in total. The number of nitrogens with one attached hydrogen (secondary N) is 2. The first kappa shape index (κ1) is 17.8. The van der Waals surface area contributed by atoms with Gasteiger partial charge in [-0.2, -0.15) is 0 Å². The zero-order chi connectivity index (χ0) is 19.3. The maximum Gasteiger partial charge on any atom is 0.274 e. The summed E-state index contributed by atoms with van der Waals surface area (Å²) in [5, 5.41) is 5.94. The zero-order valence-corrected chi connectivity index (χ0v) is 15.4. The number of amides is 1. The summed E-state index contributed by atoms with van der Waals surface area (Å²) in [5.74, 6) is 2.00. The van der Waals surface area contributed by atoms with Crippen molar-refractivity contribution < 1.29 is 9.53 Å². The van der Waals surface area contributed by atoms with Gasteiger partial charge < -0.3 is 15.4 Å². The van der Waals surface area contributed by atoms with E-state index >= 15 is 0 Å². The molecule has 4 rings (SSSR count).